The predicted molar refractivity (Wildman–Crippen MR) is 95.9 cm³/mol. The molecule has 1 unspecified atom stereocenters. The van der Waals surface area contributed by atoms with Gasteiger partial charge in [-0.1, -0.05) is 41.4 Å². The van der Waals surface area contributed by atoms with Crippen LogP contribution in [0.15, 0.2) is 36.4 Å². The molecule has 1 heterocycles. The lowest BCUT2D eigenvalue weighted by atomic mass is 9.94. The van der Waals surface area contributed by atoms with E-state index in [1.807, 2.05) is 6.07 Å². The van der Waals surface area contributed by atoms with Gasteiger partial charge in [-0.25, -0.2) is 9.18 Å². The van der Waals surface area contributed by atoms with Crippen molar-refractivity contribution < 1.29 is 22.7 Å². The third kappa shape index (κ3) is 3.60. The molecule has 0 saturated carbocycles. The van der Waals surface area contributed by atoms with E-state index in [4.69, 9.17) is 10.5 Å². The minimum Gasteiger partial charge on any atom is -0.772 e. The molecule has 1 aliphatic heterocycles. The van der Waals surface area contributed by atoms with Crippen LogP contribution in [0.1, 0.15) is 27.8 Å². The van der Waals surface area contributed by atoms with Crippen molar-refractivity contribution in [1.29, 1.82) is 0 Å². The van der Waals surface area contributed by atoms with Crippen LogP contribution >= 0.6 is 0 Å². The zero-order valence-electron chi connectivity index (χ0n) is 14.1. The van der Waals surface area contributed by atoms with Crippen LogP contribution in [0.4, 0.5) is 4.39 Å². The SMILES string of the molecule is Cc1cc(C2=C(c3ccc(CN)c(F)c3)C(=O)OC2)ccc1CS(=O)[O-]. The first-order chi connectivity index (χ1) is 12.4. The third-order valence-corrected chi connectivity index (χ3v) is 4.93. The molecule has 136 valence electrons. The van der Waals surface area contributed by atoms with Gasteiger partial charge in [0.1, 0.15) is 12.4 Å². The molecule has 1 atom stereocenters. The Labute approximate surface area is 153 Å². The van der Waals surface area contributed by atoms with Crippen LogP contribution in [0, 0.1) is 12.7 Å². The second-order valence-corrected chi connectivity index (χ2v) is 6.93. The lowest BCUT2D eigenvalue weighted by molar-refractivity contribution is -0.133. The van der Waals surface area contributed by atoms with E-state index >= 15 is 0 Å². The Balaban J connectivity index is 2.06. The molecule has 0 fully saturated rings. The van der Waals surface area contributed by atoms with E-state index in [1.54, 1.807) is 31.2 Å². The molecule has 26 heavy (non-hydrogen) atoms. The molecule has 7 heteroatoms. The number of aryl methyl sites for hydroxylation is 1. The van der Waals surface area contributed by atoms with Gasteiger partial charge in [0.05, 0.1) is 5.57 Å². The van der Waals surface area contributed by atoms with Crippen molar-refractivity contribution in [3.8, 4) is 0 Å². The molecule has 0 aliphatic carbocycles. The molecular weight excluding hydrogens is 357 g/mol. The Morgan fingerprint density at radius 3 is 2.50 bits per heavy atom. The van der Waals surface area contributed by atoms with Gasteiger partial charge >= 0.3 is 5.97 Å². The van der Waals surface area contributed by atoms with Crippen LogP contribution in [0.3, 0.4) is 0 Å². The van der Waals surface area contributed by atoms with E-state index in [1.165, 1.54) is 6.07 Å². The summed E-state index contributed by atoms with van der Waals surface area (Å²) >= 11 is -2.18. The summed E-state index contributed by atoms with van der Waals surface area (Å²) in [5.41, 5.74) is 9.46. The first-order valence-corrected chi connectivity index (χ1v) is 9.20. The summed E-state index contributed by atoms with van der Waals surface area (Å²) in [7, 11) is 0. The number of hydrogen-bond acceptors (Lipinski definition) is 5. The van der Waals surface area contributed by atoms with Gasteiger partial charge in [0.25, 0.3) is 0 Å². The van der Waals surface area contributed by atoms with Crippen molar-refractivity contribution in [2.45, 2.75) is 19.2 Å². The van der Waals surface area contributed by atoms with Crippen LogP contribution < -0.4 is 5.73 Å². The summed E-state index contributed by atoms with van der Waals surface area (Å²) < 4.78 is 41.1. The van der Waals surface area contributed by atoms with Crippen molar-refractivity contribution in [2.75, 3.05) is 6.61 Å². The number of halogens is 1. The van der Waals surface area contributed by atoms with Crippen molar-refractivity contribution in [2.24, 2.45) is 5.73 Å². The first-order valence-electron chi connectivity index (χ1n) is 7.95. The number of hydrogen-bond donors (Lipinski definition) is 1. The molecule has 5 nitrogen and oxygen atoms in total. The Hall–Kier alpha value is -2.35. The van der Waals surface area contributed by atoms with Gasteiger partial charge in [-0.15, -0.1) is 0 Å². The van der Waals surface area contributed by atoms with Gasteiger partial charge in [-0.05, 0) is 35.2 Å². The van der Waals surface area contributed by atoms with Gasteiger partial charge < -0.3 is 15.0 Å². The number of rotatable bonds is 5. The summed E-state index contributed by atoms with van der Waals surface area (Å²) in [5.74, 6) is -1.05. The van der Waals surface area contributed by atoms with Crippen molar-refractivity contribution >= 4 is 28.2 Å². The number of esters is 1. The molecule has 0 saturated heterocycles. The summed E-state index contributed by atoms with van der Waals surface area (Å²) in [4.78, 5) is 12.2. The van der Waals surface area contributed by atoms with Crippen molar-refractivity contribution in [1.82, 2.24) is 0 Å². The molecule has 2 aromatic rings. The van der Waals surface area contributed by atoms with E-state index in [2.05, 4.69) is 0 Å². The molecule has 2 aromatic carbocycles. The fourth-order valence-corrected chi connectivity index (χ4v) is 3.54. The average molecular weight is 374 g/mol. The minimum absolute atomic E-state index is 0.0702. The number of nitrogens with two attached hydrogens (primary N) is 1. The number of cyclic esters (lactones) is 1. The molecule has 0 aromatic heterocycles. The van der Waals surface area contributed by atoms with E-state index in [0.717, 1.165) is 11.1 Å². The Kier molecular flexibility index (Phi) is 5.31. The van der Waals surface area contributed by atoms with Gasteiger partial charge in [-0.2, -0.15) is 0 Å². The summed E-state index contributed by atoms with van der Waals surface area (Å²) in [5, 5.41) is 0. The summed E-state index contributed by atoms with van der Waals surface area (Å²) in [6.45, 7) is 1.96. The fraction of sp³-hybridized carbons (Fsp3) is 0.211. The van der Waals surface area contributed by atoms with Crippen LogP contribution in [-0.2, 0) is 32.9 Å². The highest BCUT2D eigenvalue weighted by molar-refractivity contribution is 7.78. The quantitative estimate of drug-likeness (QED) is 0.641. The molecule has 3 rings (SSSR count). The lowest BCUT2D eigenvalue weighted by Crippen LogP contribution is -2.03. The van der Waals surface area contributed by atoms with Crippen LogP contribution in [-0.4, -0.2) is 21.3 Å². The Morgan fingerprint density at radius 2 is 1.88 bits per heavy atom. The standard InChI is InChI=1S/C19H18FNO4S/c1-11-6-12(2-5-15(11)10-26(23)24)16-9-25-19(22)18(16)13-3-4-14(8-21)17(20)7-13/h2-7H,8-10,21H2,1H3,(H,23,24)/p-1. The predicted octanol–water partition coefficient (Wildman–Crippen LogP) is 2.44. The zero-order chi connectivity index (χ0) is 18.8. The second-order valence-electron chi connectivity index (χ2n) is 6.03. The smallest absolute Gasteiger partial charge is 0.339 e. The lowest BCUT2D eigenvalue weighted by Gasteiger charge is -2.11. The van der Waals surface area contributed by atoms with E-state index in [0.29, 0.717) is 27.8 Å². The molecule has 2 N–H and O–H groups in total. The highest BCUT2D eigenvalue weighted by Gasteiger charge is 2.28. The normalized spacial score (nSPS) is 15.3. The highest BCUT2D eigenvalue weighted by atomic mass is 32.2. The number of ether oxygens (including phenoxy) is 1. The third-order valence-electron chi connectivity index (χ3n) is 4.38. The zero-order valence-corrected chi connectivity index (χ0v) is 14.9. The molecule has 0 amide bonds. The van der Waals surface area contributed by atoms with Crippen molar-refractivity contribution in [3.05, 3.63) is 70.0 Å². The van der Waals surface area contributed by atoms with Crippen molar-refractivity contribution in [3.63, 3.8) is 0 Å². The van der Waals surface area contributed by atoms with Gasteiger partial charge in [0.15, 0.2) is 0 Å². The monoisotopic (exact) mass is 374 g/mol. The molecule has 1 aliphatic rings. The van der Waals surface area contributed by atoms with Crippen LogP contribution in [0.25, 0.3) is 11.1 Å². The largest absolute Gasteiger partial charge is 0.772 e. The van der Waals surface area contributed by atoms with E-state index < -0.39 is 22.9 Å². The van der Waals surface area contributed by atoms with Gasteiger partial charge in [0.2, 0.25) is 0 Å². The molecular formula is C19H17FNO4S-. The minimum atomic E-state index is -2.18. The topological polar surface area (TPSA) is 92.5 Å². The fourth-order valence-electron chi connectivity index (χ4n) is 2.97. The van der Waals surface area contributed by atoms with E-state index in [-0.39, 0.29) is 18.9 Å². The summed E-state index contributed by atoms with van der Waals surface area (Å²) in [6, 6.07) is 9.76. The van der Waals surface area contributed by atoms with Crippen LogP contribution in [0.5, 0.6) is 0 Å². The molecule has 0 bridgehead atoms. The number of benzene rings is 2. The first kappa shape index (κ1) is 18.4. The number of carbonyl (C=O) groups is 1. The Morgan fingerprint density at radius 1 is 1.19 bits per heavy atom. The highest BCUT2D eigenvalue weighted by Crippen LogP contribution is 2.34. The summed E-state index contributed by atoms with van der Waals surface area (Å²) in [6.07, 6.45) is 0. The van der Waals surface area contributed by atoms with Gasteiger partial charge in [-0.3, -0.25) is 4.21 Å². The maximum Gasteiger partial charge on any atom is 0.339 e. The second kappa shape index (κ2) is 7.49. The average Bonchev–Trinajstić information content (AvgIpc) is 2.98. The van der Waals surface area contributed by atoms with Crippen LogP contribution in [0.2, 0.25) is 0 Å². The molecule has 0 spiro atoms. The molecule has 0 radical (unpaired) electrons. The maximum absolute atomic E-state index is 14.1. The van der Waals surface area contributed by atoms with Gasteiger partial charge in [0, 0.05) is 23.4 Å². The Bertz CT molecular complexity index is 939. The maximum atomic E-state index is 14.1. The number of carbonyl (C=O) groups excluding carboxylic acids is 1. The van der Waals surface area contributed by atoms with E-state index in [9.17, 15) is 17.9 Å².